The van der Waals surface area contributed by atoms with Crippen molar-refractivity contribution >= 4 is 35.3 Å². The van der Waals surface area contributed by atoms with Crippen molar-refractivity contribution in [3.63, 3.8) is 0 Å². The largest absolute Gasteiger partial charge is 0.478 e. The van der Waals surface area contributed by atoms with Gasteiger partial charge in [0, 0.05) is 5.56 Å². The summed E-state index contributed by atoms with van der Waals surface area (Å²) in [7, 11) is 0. The normalized spacial score (nSPS) is 14.3. The molecule has 0 saturated carbocycles. The Hall–Kier alpha value is -4.46. The maximum Gasteiger partial charge on any atom is 0.336 e. The number of hydrogen-bond acceptors (Lipinski definition) is 5. The maximum atomic E-state index is 12.9. The summed E-state index contributed by atoms with van der Waals surface area (Å²) in [6, 6.07) is 15.7. The van der Waals surface area contributed by atoms with E-state index < -0.39 is 17.8 Å². The molecule has 1 aliphatic heterocycles. The number of rotatable bonds is 5. The lowest BCUT2D eigenvalue weighted by atomic mass is 10.1. The maximum absolute atomic E-state index is 12.9. The Morgan fingerprint density at radius 1 is 1.00 bits per heavy atom. The molecule has 0 bridgehead atoms. The smallest absolute Gasteiger partial charge is 0.336 e. The highest BCUT2D eigenvalue weighted by atomic mass is 16.4. The zero-order valence-corrected chi connectivity index (χ0v) is 16.3. The molecule has 0 unspecified atom stereocenters. The van der Waals surface area contributed by atoms with E-state index in [-0.39, 0.29) is 24.1 Å². The first kappa shape index (κ1) is 22.2. The zero-order chi connectivity index (χ0) is 22.1. The van der Waals surface area contributed by atoms with Gasteiger partial charge in [-0.3, -0.25) is 4.79 Å². The first-order valence-corrected chi connectivity index (χ1v) is 9.23. The van der Waals surface area contributed by atoms with Gasteiger partial charge in [0.15, 0.2) is 0 Å². The van der Waals surface area contributed by atoms with Crippen molar-refractivity contribution in [2.75, 3.05) is 5.01 Å². The highest BCUT2D eigenvalue weighted by Gasteiger charge is 2.29. The predicted octanol–water partition coefficient (Wildman–Crippen LogP) is 4.79. The molecule has 0 spiro atoms. The van der Waals surface area contributed by atoms with Crippen LogP contribution in [0.2, 0.25) is 0 Å². The fraction of sp³-hybridized carbons (Fsp3) is 0.0833. The van der Waals surface area contributed by atoms with E-state index in [1.165, 1.54) is 30.3 Å². The number of anilines is 1. The van der Waals surface area contributed by atoms with Crippen LogP contribution in [0.25, 0.3) is 17.4 Å². The van der Waals surface area contributed by atoms with Gasteiger partial charge in [-0.15, -0.1) is 0 Å². The van der Waals surface area contributed by atoms with E-state index in [4.69, 9.17) is 9.52 Å². The molecular formula is C24H20N2O6. The van der Waals surface area contributed by atoms with Gasteiger partial charge in [0.25, 0.3) is 5.91 Å². The Balaban J connectivity index is 0.00000289. The van der Waals surface area contributed by atoms with Crippen molar-refractivity contribution in [3.8, 4) is 11.3 Å². The van der Waals surface area contributed by atoms with Crippen LogP contribution < -0.4 is 5.01 Å². The second-order valence-corrected chi connectivity index (χ2v) is 6.77. The van der Waals surface area contributed by atoms with Gasteiger partial charge in [-0.2, -0.15) is 10.1 Å². The zero-order valence-electron chi connectivity index (χ0n) is 16.3. The number of benzene rings is 2. The Kier molecular flexibility index (Phi) is 6.06. The third kappa shape index (κ3) is 4.06. The van der Waals surface area contributed by atoms with E-state index in [1.807, 2.05) is 0 Å². The number of furan rings is 1. The van der Waals surface area contributed by atoms with Crippen molar-refractivity contribution in [1.82, 2.24) is 0 Å². The summed E-state index contributed by atoms with van der Waals surface area (Å²) in [5.74, 6) is -1.89. The molecule has 0 saturated heterocycles. The molecule has 3 aromatic rings. The second kappa shape index (κ2) is 8.73. The minimum atomic E-state index is -1.10. The van der Waals surface area contributed by atoms with Crippen molar-refractivity contribution in [2.45, 2.75) is 14.4 Å². The van der Waals surface area contributed by atoms with Gasteiger partial charge in [0.05, 0.1) is 28.1 Å². The molecule has 0 radical (unpaired) electrons. The minimum Gasteiger partial charge on any atom is -0.478 e. The molecule has 8 heteroatoms. The summed E-state index contributed by atoms with van der Waals surface area (Å²) in [6.07, 6.45) is 1.52. The summed E-state index contributed by atoms with van der Waals surface area (Å²) in [6.45, 7) is 1.66. The van der Waals surface area contributed by atoms with Gasteiger partial charge in [-0.25, -0.2) is 9.59 Å². The molecule has 2 aromatic carbocycles. The van der Waals surface area contributed by atoms with Crippen LogP contribution in [-0.4, -0.2) is 33.8 Å². The Morgan fingerprint density at radius 3 is 2.47 bits per heavy atom. The van der Waals surface area contributed by atoms with Gasteiger partial charge in [0.1, 0.15) is 11.5 Å². The summed E-state index contributed by atoms with van der Waals surface area (Å²) in [5, 5.41) is 23.9. The molecule has 4 rings (SSSR count). The van der Waals surface area contributed by atoms with Gasteiger partial charge in [0.2, 0.25) is 0 Å². The number of carbonyl (C=O) groups is 3. The fourth-order valence-electron chi connectivity index (χ4n) is 3.23. The first-order chi connectivity index (χ1) is 14.8. The number of carboxylic acids is 2. The van der Waals surface area contributed by atoms with E-state index in [9.17, 15) is 19.5 Å². The SMILES string of the molecule is C.CC1=NN(c2cccc(C(=O)O)c2)C(=O)/C1=C\c1ccc(-c2ccccc2C(=O)O)o1. The molecular weight excluding hydrogens is 412 g/mol. The number of hydrazone groups is 1. The summed E-state index contributed by atoms with van der Waals surface area (Å²) >= 11 is 0. The average molecular weight is 432 g/mol. The first-order valence-electron chi connectivity index (χ1n) is 9.23. The molecule has 1 amide bonds. The Bertz CT molecular complexity index is 1280. The van der Waals surface area contributed by atoms with Crippen molar-refractivity contribution < 1.29 is 29.0 Å². The molecule has 162 valence electrons. The van der Waals surface area contributed by atoms with Gasteiger partial charge >= 0.3 is 11.9 Å². The molecule has 1 aliphatic rings. The molecule has 0 atom stereocenters. The van der Waals surface area contributed by atoms with Crippen LogP contribution in [0.5, 0.6) is 0 Å². The third-order valence-electron chi connectivity index (χ3n) is 4.74. The highest BCUT2D eigenvalue weighted by molar-refractivity contribution is 6.32. The number of nitrogens with zero attached hydrogens (tertiary/aromatic N) is 2. The molecule has 1 aromatic heterocycles. The minimum absolute atomic E-state index is 0. The van der Waals surface area contributed by atoms with Gasteiger partial charge in [-0.05, 0) is 49.4 Å². The van der Waals surface area contributed by atoms with E-state index in [0.29, 0.717) is 28.5 Å². The van der Waals surface area contributed by atoms with Crippen LogP contribution in [0.15, 0.2) is 75.8 Å². The standard InChI is InChI=1S/C23H16N2O6.CH4/c1-13-19(21(26)25(24-13)15-6-4-5-14(11-15)22(27)28)12-16-9-10-20(31-16)17-7-2-3-8-18(17)23(29)30;/h2-12H,1H3,(H,27,28)(H,29,30);1H4/b19-12-;. The van der Waals surface area contributed by atoms with Crippen LogP contribution >= 0.6 is 0 Å². The second-order valence-electron chi connectivity index (χ2n) is 6.77. The summed E-state index contributed by atoms with van der Waals surface area (Å²) in [4.78, 5) is 35.6. The number of carboxylic acid groups (broad SMARTS) is 2. The Morgan fingerprint density at radius 2 is 1.75 bits per heavy atom. The lowest BCUT2D eigenvalue weighted by Crippen LogP contribution is -2.21. The summed E-state index contributed by atoms with van der Waals surface area (Å²) in [5.41, 5.74) is 1.64. The van der Waals surface area contributed by atoms with Crippen LogP contribution in [0.4, 0.5) is 5.69 Å². The number of aromatic carboxylic acids is 2. The van der Waals surface area contributed by atoms with E-state index in [2.05, 4.69) is 5.10 Å². The fourth-order valence-corrected chi connectivity index (χ4v) is 3.23. The van der Waals surface area contributed by atoms with Crippen LogP contribution in [0, 0.1) is 0 Å². The quantitative estimate of drug-likeness (QED) is 0.560. The van der Waals surface area contributed by atoms with E-state index in [1.54, 1.807) is 43.3 Å². The summed E-state index contributed by atoms with van der Waals surface area (Å²) < 4.78 is 5.77. The van der Waals surface area contributed by atoms with Crippen molar-refractivity contribution in [1.29, 1.82) is 0 Å². The molecule has 32 heavy (non-hydrogen) atoms. The monoisotopic (exact) mass is 432 g/mol. The average Bonchev–Trinajstić information content (AvgIpc) is 3.34. The molecule has 8 nitrogen and oxygen atoms in total. The Labute approximate surface area is 183 Å². The van der Waals surface area contributed by atoms with E-state index in [0.717, 1.165) is 5.01 Å². The molecule has 0 fully saturated rings. The lowest BCUT2D eigenvalue weighted by Gasteiger charge is -2.12. The van der Waals surface area contributed by atoms with Crippen LogP contribution in [-0.2, 0) is 4.79 Å². The molecule has 2 heterocycles. The van der Waals surface area contributed by atoms with Crippen LogP contribution in [0.1, 0.15) is 40.8 Å². The van der Waals surface area contributed by atoms with Crippen LogP contribution in [0.3, 0.4) is 0 Å². The van der Waals surface area contributed by atoms with Gasteiger partial charge < -0.3 is 14.6 Å². The highest BCUT2D eigenvalue weighted by Crippen LogP contribution is 2.29. The topological polar surface area (TPSA) is 120 Å². The van der Waals surface area contributed by atoms with Gasteiger partial charge in [-0.1, -0.05) is 31.7 Å². The van der Waals surface area contributed by atoms with E-state index >= 15 is 0 Å². The van der Waals surface area contributed by atoms with Crippen molar-refractivity contribution in [2.24, 2.45) is 5.10 Å². The number of amides is 1. The number of hydrogen-bond donors (Lipinski definition) is 2. The predicted molar refractivity (Wildman–Crippen MR) is 120 cm³/mol. The molecule has 2 N–H and O–H groups in total. The number of carbonyl (C=O) groups excluding carboxylic acids is 1. The molecule has 0 aliphatic carbocycles. The lowest BCUT2D eigenvalue weighted by molar-refractivity contribution is -0.114. The third-order valence-corrected chi connectivity index (χ3v) is 4.74. The van der Waals surface area contributed by atoms with Crippen molar-refractivity contribution in [3.05, 3.63) is 83.1 Å².